The number of hydrogen-bond donors (Lipinski definition) is 1. The molecule has 0 bridgehead atoms. The van der Waals surface area contributed by atoms with E-state index in [0.717, 1.165) is 10.9 Å². The molecule has 7 nitrogen and oxygen atoms in total. The Morgan fingerprint density at radius 1 is 1.23 bits per heavy atom. The molecule has 0 spiro atoms. The van der Waals surface area contributed by atoms with Crippen molar-refractivity contribution in [2.75, 3.05) is 0 Å². The maximum Gasteiger partial charge on any atom is 0.439 e. The van der Waals surface area contributed by atoms with E-state index < -0.39 is 33.2 Å². The van der Waals surface area contributed by atoms with E-state index in [2.05, 4.69) is 10.2 Å². The third kappa shape index (κ3) is 2.76. The van der Waals surface area contributed by atoms with Gasteiger partial charge in [0.15, 0.2) is 0 Å². The maximum absolute atomic E-state index is 13.6. The Morgan fingerprint density at radius 3 is 2.35 bits per heavy atom. The van der Waals surface area contributed by atoms with E-state index in [4.69, 9.17) is 0 Å². The van der Waals surface area contributed by atoms with Gasteiger partial charge in [0.25, 0.3) is 15.7 Å². The van der Waals surface area contributed by atoms with Crippen molar-refractivity contribution in [3.8, 4) is 0 Å². The SMILES string of the molecule is Cc1nn(C)cc1S(=O)(=O)N1N=C(c2ccccc2)C[C@]1(O)C(F)(F)F. The molecule has 0 radical (unpaired) electrons. The summed E-state index contributed by atoms with van der Waals surface area (Å²) in [5, 5.41) is 17.8. The lowest BCUT2D eigenvalue weighted by Crippen LogP contribution is -2.56. The molecule has 140 valence electrons. The van der Waals surface area contributed by atoms with Crippen LogP contribution in [0.2, 0.25) is 0 Å². The smallest absolute Gasteiger partial charge is 0.361 e. The molecule has 1 aromatic heterocycles. The second kappa shape index (κ2) is 5.81. The van der Waals surface area contributed by atoms with Crippen molar-refractivity contribution in [3.63, 3.8) is 0 Å². The first-order chi connectivity index (χ1) is 12.0. The molecule has 2 aromatic rings. The van der Waals surface area contributed by atoms with Crippen LogP contribution in [-0.2, 0) is 17.1 Å². The molecular weight excluding hydrogens is 373 g/mol. The van der Waals surface area contributed by atoms with Gasteiger partial charge in [-0.25, -0.2) is 0 Å². The lowest BCUT2D eigenvalue weighted by Gasteiger charge is -2.32. The van der Waals surface area contributed by atoms with Crippen molar-refractivity contribution in [1.29, 1.82) is 0 Å². The van der Waals surface area contributed by atoms with Crippen LogP contribution in [0.5, 0.6) is 0 Å². The minimum absolute atomic E-state index is 0.000357. The Labute approximate surface area is 147 Å². The molecule has 1 aromatic carbocycles. The van der Waals surface area contributed by atoms with E-state index in [0.29, 0.717) is 0 Å². The number of aliphatic hydroxyl groups is 1. The number of halogens is 3. The number of alkyl halides is 3. The largest absolute Gasteiger partial charge is 0.439 e. The molecule has 1 aliphatic heterocycles. The monoisotopic (exact) mass is 388 g/mol. The normalized spacial score (nSPS) is 21.2. The van der Waals surface area contributed by atoms with Gasteiger partial charge in [0.05, 0.1) is 17.8 Å². The molecule has 0 saturated carbocycles. The van der Waals surface area contributed by atoms with Gasteiger partial charge in [0.2, 0.25) is 0 Å². The van der Waals surface area contributed by atoms with Crippen LogP contribution < -0.4 is 0 Å². The zero-order valence-corrected chi connectivity index (χ0v) is 14.6. The Hall–Kier alpha value is -2.40. The highest BCUT2D eigenvalue weighted by Gasteiger charge is 2.65. The highest BCUT2D eigenvalue weighted by Crippen LogP contribution is 2.44. The molecule has 0 amide bonds. The molecule has 0 aliphatic carbocycles. The summed E-state index contributed by atoms with van der Waals surface area (Å²) in [7, 11) is -3.35. The van der Waals surface area contributed by atoms with Gasteiger partial charge in [-0.05, 0) is 12.5 Å². The fourth-order valence-corrected chi connectivity index (χ4v) is 4.36. The highest BCUT2D eigenvalue weighted by atomic mass is 32.2. The van der Waals surface area contributed by atoms with Crippen LogP contribution in [0.15, 0.2) is 46.5 Å². The summed E-state index contributed by atoms with van der Waals surface area (Å²) >= 11 is 0. The van der Waals surface area contributed by atoms with Gasteiger partial charge in [-0.3, -0.25) is 4.68 Å². The molecule has 0 fully saturated rings. The van der Waals surface area contributed by atoms with E-state index in [1.807, 2.05) is 0 Å². The van der Waals surface area contributed by atoms with Crippen molar-refractivity contribution >= 4 is 15.7 Å². The Bertz CT molecular complexity index is 970. The first kappa shape index (κ1) is 18.4. The zero-order valence-electron chi connectivity index (χ0n) is 13.8. The molecule has 3 rings (SSSR count). The molecule has 0 saturated heterocycles. The van der Waals surface area contributed by atoms with Gasteiger partial charge >= 0.3 is 6.18 Å². The summed E-state index contributed by atoms with van der Waals surface area (Å²) in [5.74, 6) is 0. The zero-order chi connectivity index (χ0) is 19.3. The molecule has 1 N–H and O–H groups in total. The fraction of sp³-hybridized carbons (Fsp3) is 0.333. The third-order valence-corrected chi connectivity index (χ3v) is 5.77. The van der Waals surface area contributed by atoms with Crippen molar-refractivity contribution < 1.29 is 26.7 Å². The molecular formula is C15H15F3N4O3S. The number of benzene rings is 1. The summed E-state index contributed by atoms with van der Waals surface area (Å²) in [6.07, 6.45) is -5.20. The van der Waals surface area contributed by atoms with E-state index in [-0.39, 0.29) is 21.4 Å². The van der Waals surface area contributed by atoms with E-state index in [9.17, 15) is 26.7 Å². The Morgan fingerprint density at radius 2 is 1.85 bits per heavy atom. The van der Waals surface area contributed by atoms with Gasteiger partial charge in [-0.2, -0.15) is 31.8 Å². The average molecular weight is 388 g/mol. The first-order valence-electron chi connectivity index (χ1n) is 7.44. The van der Waals surface area contributed by atoms with E-state index >= 15 is 0 Å². The molecule has 26 heavy (non-hydrogen) atoms. The topological polar surface area (TPSA) is 87.8 Å². The van der Waals surface area contributed by atoms with Gasteiger partial charge in [-0.1, -0.05) is 30.3 Å². The quantitative estimate of drug-likeness (QED) is 0.868. The molecule has 11 heteroatoms. The predicted molar refractivity (Wildman–Crippen MR) is 85.6 cm³/mol. The molecule has 1 aliphatic rings. The number of hydrazone groups is 1. The van der Waals surface area contributed by atoms with Crippen molar-refractivity contribution in [1.82, 2.24) is 14.2 Å². The lowest BCUT2D eigenvalue weighted by molar-refractivity contribution is -0.291. The van der Waals surface area contributed by atoms with E-state index in [1.54, 1.807) is 18.2 Å². The van der Waals surface area contributed by atoms with Crippen LogP contribution in [0.1, 0.15) is 17.7 Å². The number of rotatable bonds is 3. The van der Waals surface area contributed by atoms with Crippen LogP contribution in [0.4, 0.5) is 13.2 Å². The second-order valence-corrected chi connectivity index (χ2v) is 7.64. The summed E-state index contributed by atoms with van der Waals surface area (Å²) in [4.78, 5) is -0.458. The van der Waals surface area contributed by atoms with Crippen LogP contribution in [-0.4, -0.2) is 45.3 Å². The van der Waals surface area contributed by atoms with Crippen molar-refractivity contribution in [2.45, 2.75) is 30.1 Å². The Balaban J connectivity index is 2.17. The third-order valence-electron chi connectivity index (χ3n) is 3.98. The van der Waals surface area contributed by atoms with Crippen LogP contribution in [0, 0.1) is 6.92 Å². The number of aromatic nitrogens is 2. The number of aryl methyl sites for hydroxylation is 2. The first-order valence-corrected chi connectivity index (χ1v) is 8.88. The van der Waals surface area contributed by atoms with Gasteiger partial charge < -0.3 is 5.11 Å². The fourth-order valence-electron chi connectivity index (χ4n) is 2.70. The van der Waals surface area contributed by atoms with Crippen LogP contribution >= 0.6 is 0 Å². The number of hydrogen-bond acceptors (Lipinski definition) is 5. The standard InChI is InChI=1S/C15H15F3N4O3S/c1-10-13(9-21(2)19-10)26(24,25)22-14(23,15(16,17)18)8-12(20-22)11-6-4-3-5-7-11/h3-7,9,23H,8H2,1-2H3/t14-/m0/s1. The second-order valence-electron chi connectivity index (χ2n) is 5.90. The van der Waals surface area contributed by atoms with Gasteiger partial charge in [0.1, 0.15) is 4.90 Å². The van der Waals surface area contributed by atoms with Crippen LogP contribution in [0.3, 0.4) is 0 Å². The summed E-state index contributed by atoms with van der Waals surface area (Å²) < 4.78 is 67.3. The lowest BCUT2D eigenvalue weighted by atomic mass is 10.0. The number of sulfonamides is 1. The summed E-state index contributed by atoms with van der Waals surface area (Å²) in [5.41, 5.74) is -3.58. The van der Waals surface area contributed by atoms with Crippen molar-refractivity contribution in [2.24, 2.45) is 12.1 Å². The summed E-state index contributed by atoms with van der Waals surface area (Å²) in [6, 6.07) is 7.78. The van der Waals surface area contributed by atoms with Crippen molar-refractivity contribution in [3.05, 3.63) is 47.8 Å². The molecule has 2 heterocycles. The predicted octanol–water partition coefficient (Wildman–Crippen LogP) is 1.78. The molecule has 0 unspecified atom stereocenters. The Kier molecular flexibility index (Phi) is 4.11. The average Bonchev–Trinajstić information content (AvgIpc) is 3.09. The maximum atomic E-state index is 13.6. The van der Waals surface area contributed by atoms with Gasteiger partial charge in [0, 0.05) is 13.2 Å². The molecule has 1 atom stereocenters. The minimum Gasteiger partial charge on any atom is -0.361 e. The minimum atomic E-state index is -5.25. The summed E-state index contributed by atoms with van der Waals surface area (Å²) in [6.45, 7) is 1.34. The highest BCUT2D eigenvalue weighted by molar-refractivity contribution is 7.89. The van der Waals surface area contributed by atoms with Gasteiger partial charge in [-0.15, -0.1) is 4.41 Å². The van der Waals surface area contributed by atoms with Crippen LogP contribution in [0.25, 0.3) is 0 Å². The number of nitrogens with zero attached hydrogens (tertiary/aromatic N) is 4. The van der Waals surface area contributed by atoms with E-state index in [1.165, 1.54) is 26.1 Å².